The number of rotatable bonds is 5. The molecule has 13 aromatic rings. The van der Waals surface area contributed by atoms with Crippen molar-refractivity contribution in [3.05, 3.63) is 253 Å². The fourth-order valence-corrected chi connectivity index (χ4v) is 15.2. The van der Waals surface area contributed by atoms with Gasteiger partial charge in [0.2, 0.25) is 0 Å². The molecular weight excluding hydrogens is 905 g/mol. The molecule has 10 aromatic carbocycles. The van der Waals surface area contributed by atoms with Crippen molar-refractivity contribution in [3.8, 4) is 67.3 Å². The van der Waals surface area contributed by atoms with Crippen LogP contribution in [0.2, 0.25) is 0 Å². The summed E-state index contributed by atoms with van der Waals surface area (Å²) < 4.78 is 5.17. The first-order valence-electron chi connectivity index (χ1n) is 23.7. The molecule has 15 rings (SSSR count). The van der Waals surface area contributed by atoms with Crippen LogP contribution in [0.5, 0.6) is 0 Å². The van der Waals surface area contributed by atoms with Crippen molar-refractivity contribution in [2.45, 2.75) is 15.2 Å². The van der Waals surface area contributed by atoms with Gasteiger partial charge >= 0.3 is 0 Å². The molecule has 326 valence electrons. The quantitative estimate of drug-likeness (QED) is 0.172. The Kier molecular flexibility index (Phi) is 8.88. The van der Waals surface area contributed by atoms with E-state index in [-0.39, 0.29) is 0 Å². The Morgan fingerprint density at radius 3 is 1.43 bits per heavy atom. The summed E-state index contributed by atoms with van der Waals surface area (Å²) in [6, 6.07) is 84.9. The van der Waals surface area contributed by atoms with Crippen LogP contribution < -0.4 is 0 Å². The molecule has 0 amide bonds. The lowest BCUT2D eigenvalue weighted by Crippen LogP contribution is -2.31. The molecule has 0 saturated heterocycles. The van der Waals surface area contributed by atoms with Crippen LogP contribution in [0.4, 0.5) is 0 Å². The maximum absolute atomic E-state index is 5.65. The van der Waals surface area contributed by atoms with E-state index >= 15 is 0 Å². The normalized spacial score (nSPS) is 13.2. The number of benzene rings is 10. The zero-order valence-electron chi connectivity index (χ0n) is 37.6. The Morgan fingerprint density at radius 2 is 0.786 bits per heavy atom. The second kappa shape index (κ2) is 15.5. The van der Waals surface area contributed by atoms with E-state index in [0.717, 1.165) is 39.2 Å². The first-order chi connectivity index (χ1) is 34.7. The third-order valence-corrected chi connectivity index (χ3v) is 18.2. The molecule has 1 spiro atoms. The highest BCUT2D eigenvalue weighted by Gasteiger charge is 2.50. The van der Waals surface area contributed by atoms with E-state index in [0.29, 0.717) is 5.82 Å². The maximum atomic E-state index is 5.65. The molecule has 0 unspecified atom stereocenters. The molecule has 2 nitrogen and oxygen atoms in total. The van der Waals surface area contributed by atoms with Crippen LogP contribution in [0.1, 0.15) is 22.3 Å². The highest BCUT2D eigenvalue weighted by molar-refractivity contribution is 7.99. The Balaban J connectivity index is 0.984. The third kappa shape index (κ3) is 5.93. The van der Waals surface area contributed by atoms with Gasteiger partial charge in [0.1, 0.15) is 0 Å². The highest BCUT2D eigenvalue weighted by Crippen LogP contribution is 2.62. The van der Waals surface area contributed by atoms with Crippen molar-refractivity contribution in [2.75, 3.05) is 0 Å². The molecule has 5 heteroatoms. The lowest BCUT2D eigenvalue weighted by molar-refractivity contribution is 0.722. The van der Waals surface area contributed by atoms with Gasteiger partial charge in [0.05, 0.1) is 16.8 Å². The van der Waals surface area contributed by atoms with Gasteiger partial charge in [-0.15, -0.1) is 22.7 Å². The summed E-state index contributed by atoms with van der Waals surface area (Å²) >= 11 is 5.62. The van der Waals surface area contributed by atoms with E-state index in [4.69, 9.17) is 9.97 Å². The van der Waals surface area contributed by atoms with Crippen LogP contribution >= 0.6 is 34.4 Å². The Hall–Kier alpha value is -7.93. The van der Waals surface area contributed by atoms with Gasteiger partial charge in [-0.3, -0.25) is 0 Å². The van der Waals surface area contributed by atoms with Crippen molar-refractivity contribution >= 4 is 74.8 Å². The number of hydrogen-bond acceptors (Lipinski definition) is 5. The van der Waals surface area contributed by atoms with Crippen LogP contribution in [0.15, 0.2) is 240 Å². The van der Waals surface area contributed by atoms with Crippen molar-refractivity contribution in [1.29, 1.82) is 0 Å². The first-order valence-corrected chi connectivity index (χ1v) is 26.2. The summed E-state index contributed by atoms with van der Waals surface area (Å²) in [5, 5.41) is 5.15. The Labute approximate surface area is 417 Å². The summed E-state index contributed by atoms with van der Waals surface area (Å²) in [5.41, 5.74) is 16.8. The van der Waals surface area contributed by atoms with E-state index in [1.807, 2.05) is 34.4 Å². The predicted octanol–water partition coefficient (Wildman–Crippen LogP) is 18.4. The minimum Gasteiger partial charge on any atom is -0.228 e. The number of aromatic nitrogens is 2. The van der Waals surface area contributed by atoms with Gasteiger partial charge in [-0.1, -0.05) is 188 Å². The molecule has 70 heavy (non-hydrogen) atoms. The van der Waals surface area contributed by atoms with Crippen LogP contribution in [-0.2, 0) is 5.41 Å². The van der Waals surface area contributed by atoms with E-state index < -0.39 is 5.41 Å². The van der Waals surface area contributed by atoms with Gasteiger partial charge in [-0.25, -0.2) is 9.97 Å². The lowest BCUT2D eigenvalue weighted by Gasteiger charge is -2.39. The number of hydrogen-bond donors (Lipinski definition) is 0. The lowest BCUT2D eigenvalue weighted by atomic mass is 9.67. The minimum atomic E-state index is -0.509. The summed E-state index contributed by atoms with van der Waals surface area (Å²) in [5.74, 6) is 0.696. The van der Waals surface area contributed by atoms with E-state index in [9.17, 15) is 0 Å². The molecule has 0 bridgehead atoms. The van der Waals surface area contributed by atoms with Gasteiger partial charge in [-0.2, -0.15) is 0 Å². The second-order valence-electron chi connectivity index (χ2n) is 18.3. The van der Waals surface area contributed by atoms with Gasteiger partial charge in [0.25, 0.3) is 0 Å². The summed E-state index contributed by atoms with van der Waals surface area (Å²) in [4.78, 5) is 13.7. The molecule has 2 aliphatic rings. The zero-order valence-corrected chi connectivity index (χ0v) is 40.0. The second-order valence-corrected chi connectivity index (χ2v) is 21.5. The van der Waals surface area contributed by atoms with E-state index in [1.54, 1.807) is 0 Å². The van der Waals surface area contributed by atoms with Crippen molar-refractivity contribution < 1.29 is 0 Å². The third-order valence-electron chi connectivity index (χ3n) is 14.6. The summed E-state index contributed by atoms with van der Waals surface area (Å²) in [7, 11) is 0. The zero-order chi connectivity index (χ0) is 45.9. The van der Waals surface area contributed by atoms with E-state index in [2.05, 4.69) is 231 Å². The molecule has 0 radical (unpaired) electrons. The van der Waals surface area contributed by atoms with Crippen LogP contribution in [0.25, 0.3) is 108 Å². The smallest absolute Gasteiger partial charge is 0.160 e. The average molecular weight is 943 g/mol. The largest absolute Gasteiger partial charge is 0.228 e. The standard InChI is InChI=1S/C65H38N2S3/c1-2-16-39(17-3-1)56-38-57(67-64(66-56)40-32-33-47-46-18-4-7-25-52(46)65(55(47)37-40)53-26-8-12-30-60(53)68-61-31-13-9-27-54(61)65)43-35-41(44-21-14-23-50-48-19-5-10-28-58(48)69-62(44)50)34-42(36-43)45-22-15-24-51-49-20-6-11-29-59(49)70-63(45)51/h1-38H. The first kappa shape index (κ1) is 40.0. The minimum absolute atomic E-state index is 0.509. The maximum Gasteiger partial charge on any atom is 0.160 e. The fourth-order valence-electron chi connectivity index (χ4n) is 11.5. The number of fused-ring (bicyclic) bond motifs is 15. The van der Waals surface area contributed by atoms with Gasteiger partial charge in [0.15, 0.2) is 5.82 Å². The number of thiophene rings is 2. The van der Waals surface area contributed by atoms with E-state index in [1.165, 1.54) is 94.6 Å². The monoisotopic (exact) mass is 942 g/mol. The fraction of sp³-hybridized carbons (Fsp3) is 0.0154. The van der Waals surface area contributed by atoms with Gasteiger partial charge in [0, 0.05) is 66.8 Å². The molecule has 0 atom stereocenters. The number of nitrogens with zero attached hydrogens (tertiary/aromatic N) is 2. The van der Waals surface area contributed by atoms with Crippen molar-refractivity contribution in [1.82, 2.24) is 9.97 Å². The molecule has 3 aromatic heterocycles. The Bertz CT molecular complexity index is 4120. The van der Waals surface area contributed by atoms with Crippen molar-refractivity contribution in [3.63, 3.8) is 0 Å². The molecule has 0 N–H and O–H groups in total. The predicted molar refractivity (Wildman–Crippen MR) is 296 cm³/mol. The molecule has 1 aliphatic heterocycles. The summed E-state index contributed by atoms with van der Waals surface area (Å²) in [6.07, 6.45) is 0. The molecular formula is C65H38N2S3. The average Bonchev–Trinajstić information content (AvgIpc) is 4.10. The van der Waals surface area contributed by atoms with Gasteiger partial charge in [-0.05, 0) is 110 Å². The Morgan fingerprint density at radius 1 is 0.300 bits per heavy atom. The highest BCUT2D eigenvalue weighted by atomic mass is 32.2. The van der Waals surface area contributed by atoms with Crippen LogP contribution in [0.3, 0.4) is 0 Å². The molecule has 1 aliphatic carbocycles. The summed E-state index contributed by atoms with van der Waals surface area (Å²) in [6.45, 7) is 0. The van der Waals surface area contributed by atoms with Gasteiger partial charge < -0.3 is 0 Å². The van der Waals surface area contributed by atoms with Crippen LogP contribution in [-0.4, -0.2) is 9.97 Å². The SMILES string of the molecule is c1ccc(-c2cc(-c3cc(-c4cccc5c4sc4ccccc45)cc(-c4cccc5c4sc4ccccc45)c3)nc(-c3ccc4c(c3)C3(c5ccccc5Sc5ccccc53)c3ccccc3-4)n2)cc1. The molecule has 4 heterocycles. The topological polar surface area (TPSA) is 25.8 Å². The van der Waals surface area contributed by atoms with Crippen LogP contribution in [0, 0.1) is 0 Å². The molecule has 0 fully saturated rings. The van der Waals surface area contributed by atoms with Crippen molar-refractivity contribution in [2.24, 2.45) is 0 Å². The molecule has 0 saturated carbocycles.